The van der Waals surface area contributed by atoms with E-state index < -0.39 is 15.8 Å². The Hall–Kier alpha value is -2.76. The van der Waals surface area contributed by atoms with E-state index in [-0.39, 0.29) is 35.8 Å². The Morgan fingerprint density at radius 3 is 2.44 bits per heavy atom. The second kappa shape index (κ2) is 10.7. The van der Waals surface area contributed by atoms with Crippen LogP contribution in [0.5, 0.6) is 0 Å². The lowest BCUT2D eigenvalue weighted by molar-refractivity contribution is -0.121. The molecule has 0 atom stereocenters. The quantitative estimate of drug-likeness (QED) is 0.463. The largest absolute Gasteiger partial charge is 0.407 e. The first-order valence-electron chi connectivity index (χ1n) is 11.0. The van der Waals surface area contributed by atoms with Crippen LogP contribution in [0.4, 0.5) is 10.4 Å². The van der Waals surface area contributed by atoms with Gasteiger partial charge >= 0.3 is 6.01 Å². The number of thioether (sulfide) groups is 1. The lowest BCUT2D eigenvalue weighted by Gasteiger charge is -2.30. The Morgan fingerprint density at radius 1 is 1.12 bits per heavy atom. The van der Waals surface area contributed by atoms with Crippen molar-refractivity contribution < 1.29 is 22.0 Å². The van der Waals surface area contributed by atoms with Crippen LogP contribution in [-0.4, -0.2) is 47.7 Å². The number of hydrogen-bond donors (Lipinski definition) is 1. The summed E-state index contributed by atoms with van der Waals surface area (Å²) in [4.78, 5) is 13.9. The average molecular weight is 505 g/mol. The minimum Gasteiger partial charge on any atom is -0.407 e. The molecule has 4 rings (SSSR count). The maximum Gasteiger partial charge on any atom is 0.322 e. The van der Waals surface area contributed by atoms with Crippen LogP contribution in [0.15, 0.2) is 62.7 Å². The maximum absolute atomic E-state index is 13.1. The molecule has 1 aliphatic heterocycles. The minimum atomic E-state index is -3.73. The van der Waals surface area contributed by atoms with Gasteiger partial charge in [-0.2, -0.15) is 4.31 Å². The molecule has 1 fully saturated rings. The number of carbonyl (C=O) groups excluding carboxylic acids is 1. The zero-order valence-corrected chi connectivity index (χ0v) is 20.2. The number of sulfonamides is 1. The molecule has 2 aromatic carbocycles. The van der Waals surface area contributed by atoms with Crippen LogP contribution in [0.2, 0.25) is 0 Å². The molecule has 1 amide bonds. The zero-order chi connectivity index (χ0) is 24.1. The number of hydrogen-bond acceptors (Lipinski definition) is 7. The van der Waals surface area contributed by atoms with Crippen LogP contribution in [0.3, 0.4) is 0 Å². The predicted molar refractivity (Wildman–Crippen MR) is 126 cm³/mol. The standard InChI is InChI=1S/C23H25FN4O4S2/c1-2-33-19-7-3-16(4-8-19)15-21-26-27-23(32-21)25-22(29)17-11-13-28(14-12-17)34(30,31)20-9-5-18(24)6-10-20/h3-10,17H,2,11-15H2,1H3,(H,25,27,29). The summed E-state index contributed by atoms with van der Waals surface area (Å²) < 4.78 is 45.5. The van der Waals surface area contributed by atoms with Gasteiger partial charge in [-0.15, -0.1) is 16.9 Å². The summed E-state index contributed by atoms with van der Waals surface area (Å²) in [5.74, 6) is 0.248. The highest BCUT2D eigenvalue weighted by Crippen LogP contribution is 2.25. The fourth-order valence-electron chi connectivity index (χ4n) is 3.74. The summed E-state index contributed by atoms with van der Waals surface area (Å²) in [6, 6.07) is 12.9. The molecule has 0 radical (unpaired) electrons. The molecular weight excluding hydrogens is 479 g/mol. The van der Waals surface area contributed by atoms with Crippen LogP contribution in [0.25, 0.3) is 0 Å². The van der Waals surface area contributed by atoms with Crippen LogP contribution < -0.4 is 5.32 Å². The zero-order valence-electron chi connectivity index (χ0n) is 18.6. The number of benzene rings is 2. The molecule has 0 unspecified atom stereocenters. The van der Waals surface area contributed by atoms with Gasteiger partial charge in [-0.3, -0.25) is 10.1 Å². The number of aromatic nitrogens is 2. The first kappa shape index (κ1) is 24.4. The van der Waals surface area contributed by atoms with Crippen molar-refractivity contribution >= 4 is 33.7 Å². The van der Waals surface area contributed by atoms with Gasteiger partial charge < -0.3 is 4.42 Å². The van der Waals surface area contributed by atoms with E-state index in [0.29, 0.717) is 25.2 Å². The second-order valence-electron chi connectivity index (χ2n) is 7.88. The van der Waals surface area contributed by atoms with Crippen LogP contribution >= 0.6 is 11.8 Å². The van der Waals surface area contributed by atoms with E-state index in [1.54, 1.807) is 11.8 Å². The topological polar surface area (TPSA) is 105 Å². The number of carbonyl (C=O) groups is 1. The Morgan fingerprint density at radius 2 is 1.79 bits per heavy atom. The number of piperidine rings is 1. The van der Waals surface area contributed by atoms with Crippen molar-refractivity contribution in [1.82, 2.24) is 14.5 Å². The lowest BCUT2D eigenvalue weighted by Crippen LogP contribution is -2.41. The van der Waals surface area contributed by atoms with Gasteiger partial charge in [-0.1, -0.05) is 24.2 Å². The molecule has 0 aliphatic carbocycles. The van der Waals surface area contributed by atoms with Crippen molar-refractivity contribution in [3.8, 4) is 0 Å². The second-order valence-corrected chi connectivity index (χ2v) is 11.2. The first-order chi connectivity index (χ1) is 16.3. The number of nitrogens with zero attached hydrogens (tertiary/aromatic N) is 3. The van der Waals surface area contributed by atoms with Crippen LogP contribution in [0.1, 0.15) is 31.2 Å². The summed E-state index contributed by atoms with van der Waals surface area (Å²) in [5.41, 5.74) is 1.02. The molecule has 3 aromatic rings. The fourth-order valence-corrected chi connectivity index (χ4v) is 5.87. The fraction of sp³-hybridized carbons (Fsp3) is 0.348. The van der Waals surface area contributed by atoms with Crippen molar-refractivity contribution in [3.63, 3.8) is 0 Å². The third kappa shape index (κ3) is 5.83. The van der Waals surface area contributed by atoms with Crippen molar-refractivity contribution in [1.29, 1.82) is 0 Å². The molecule has 0 saturated carbocycles. The van der Waals surface area contributed by atoms with Crippen LogP contribution in [-0.2, 0) is 21.2 Å². The maximum atomic E-state index is 13.1. The van der Waals surface area contributed by atoms with Crippen molar-refractivity contribution in [2.24, 2.45) is 5.92 Å². The van der Waals surface area contributed by atoms with E-state index in [2.05, 4.69) is 22.4 Å². The normalized spacial score (nSPS) is 15.4. The Kier molecular flexibility index (Phi) is 7.64. The SMILES string of the molecule is CCSc1ccc(Cc2nnc(NC(=O)C3CCN(S(=O)(=O)c4ccc(F)cc4)CC3)o2)cc1. The third-order valence-corrected chi connectivity index (χ3v) is 8.37. The third-order valence-electron chi connectivity index (χ3n) is 5.56. The molecule has 2 heterocycles. The molecule has 180 valence electrons. The summed E-state index contributed by atoms with van der Waals surface area (Å²) in [7, 11) is -3.73. The van der Waals surface area contributed by atoms with Crippen molar-refractivity contribution in [2.75, 3.05) is 24.2 Å². The summed E-state index contributed by atoms with van der Waals surface area (Å²) >= 11 is 1.77. The number of nitrogens with one attached hydrogen (secondary N) is 1. The monoisotopic (exact) mass is 504 g/mol. The number of anilines is 1. The number of halogens is 1. The molecule has 0 bridgehead atoms. The lowest BCUT2D eigenvalue weighted by atomic mass is 9.97. The molecule has 0 spiro atoms. The summed E-state index contributed by atoms with van der Waals surface area (Å²) in [6.07, 6.45) is 1.17. The predicted octanol–water partition coefficient (Wildman–Crippen LogP) is 3.95. The Balaban J connectivity index is 1.29. The summed E-state index contributed by atoms with van der Waals surface area (Å²) in [5, 5.41) is 10.6. The highest BCUT2D eigenvalue weighted by atomic mass is 32.2. The molecule has 11 heteroatoms. The first-order valence-corrected chi connectivity index (χ1v) is 13.4. The highest BCUT2D eigenvalue weighted by Gasteiger charge is 2.32. The van der Waals surface area contributed by atoms with E-state index >= 15 is 0 Å². The van der Waals surface area contributed by atoms with Gasteiger partial charge in [0, 0.05) is 23.9 Å². The van der Waals surface area contributed by atoms with Gasteiger partial charge in [0.05, 0.1) is 11.3 Å². The van der Waals surface area contributed by atoms with Gasteiger partial charge in [0.1, 0.15) is 5.82 Å². The number of rotatable bonds is 8. The van der Waals surface area contributed by atoms with Gasteiger partial charge in [0.25, 0.3) is 0 Å². The minimum absolute atomic E-state index is 0.0273. The van der Waals surface area contributed by atoms with Crippen molar-refractivity contribution in [2.45, 2.75) is 36.0 Å². The average Bonchev–Trinajstić information content (AvgIpc) is 3.27. The van der Waals surface area contributed by atoms with Gasteiger partial charge in [0.2, 0.25) is 21.8 Å². The van der Waals surface area contributed by atoms with Crippen molar-refractivity contribution in [3.05, 3.63) is 65.8 Å². The van der Waals surface area contributed by atoms with Gasteiger partial charge in [-0.25, -0.2) is 12.8 Å². The van der Waals surface area contributed by atoms with E-state index in [9.17, 15) is 17.6 Å². The molecule has 8 nitrogen and oxygen atoms in total. The van der Waals surface area contributed by atoms with Crippen LogP contribution in [0, 0.1) is 11.7 Å². The smallest absolute Gasteiger partial charge is 0.322 e. The van der Waals surface area contributed by atoms with E-state index in [1.165, 1.54) is 21.3 Å². The van der Waals surface area contributed by atoms with E-state index in [4.69, 9.17) is 4.42 Å². The van der Waals surface area contributed by atoms with E-state index in [0.717, 1.165) is 23.4 Å². The highest BCUT2D eigenvalue weighted by molar-refractivity contribution is 7.99. The Labute approximate surface area is 202 Å². The molecule has 1 saturated heterocycles. The molecule has 1 aromatic heterocycles. The summed E-state index contributed by atoms with van der Waals surface area (Å²) in [6.45, 7) is 2.49. The van der Waals surface area contributed by atoms with E-state index in [1.807, 2.05) is 24.3 Å². The molecule has 1 aliphatic rings. The Bertz CT molecular complexity index is 1220. The molecule has 1 N–H and O–H groups in total. The van der Waals surface area contributed by atoms with Gasteiger partial charge in [0.15, 0.2) is 0 Å². The van der Waals surface area contributed by atoms with Gasteiger partial charge in [-0.05, 0) is 60.6 Å². The molecular formula is C23H25FN4O4S2. The molecule has 34 heavy (non-hydrogen) atoms. The number of amides is 1.